The van der Waals surface area contributed by atoms with Gasteiger partial charge in [-0.1, -0.05) is 57.2 Å². The zero-order valence-corrected chi connectivity index (χ0v) is 13.4. The van der Waals surface area contributed by atoms with Gasteiger partial charge in [0.25, 0.3) is 0 Å². The van der Waals surface area contributed by atoms with E-state index in [1.165, 1.54) is 11.1 Å². The van der Waals surface area contributed by atoms with Gasteiger partial charge >= 0.3 is 0 Å². The monoisotopic (exact) mass is 283 g/mol. The van der Waals surface area contributed by atoms with Crippen LogP contribution >= 0.6 is 0 Å². The molecule has 0 aliphatic heterocycles. The standard InChI is InChI=1S/C19H25NO/c1-14(20-18-11-5-15(13-21)6-12-18)16-7-9-17(10-8-16)19(2,3)4/h5-12,14,20-21H,13H2,1-4H3. The molecular formula is C19H25NO. The van der Waals surface area contributed by atoms with Crippen LogP contribution in [-0.4, -0.2) is 5.11 Å². The molecule has 2 aromatic carbocycles. The van der Waals surface area contributed by atoms with Crippen LogP contribution in [0.5, 0.6) is 0 Å². The first-order chi connectivity index (χ1) is 9.90. The molecule has 112 valence electrons. The zero-order valence-electron chi connectivity index (χ0n) is 13.4. The average molecular weight is 283 g/mol. The van der Waals surface area contributed by atoms with Gasteiger partial charge in [-0.3, -0.25) is 0 Å². The topological polar surface area (TPSA) is 32.3 Å². The minimum atomic E-state index is 0.0874. The number of hydrogen-bond acceptors (Lipinski definition) is 2. The highest BCUT2D eigenvalue weighted by Gasteiger charge is 2.14. The number of rotatable bonds is 4. The summed E-state index contributed by atoms with van der Waals surface area (Å²) >= 11 is 0. The molecule has 0 aromatic heterocycles. The molecule has 0 spiro atoms. The molecule has 1 atom stereocenters. The molecule has 0 radical (unpaired) electrons. The Balaban J connectivity index is 2.07. The fraction of sp³-hybridized carbons (Fsp3) is 0.368. The van der Waals surface area contributed by atoms with Crippen molar-refractivity contribution >= 4 is 5.69 Å². The molecule has 0 fully saturated rings. The van der Waals surface area contributed by atoms with E-state index in [9.17, 15) is 0 Å². The first-order valence-electron chi connectivity index (χ1n) is 7.47. The molecule has 0 saturated heterocycles. The molecule has 0 aliphatic carbocycles. The summed E-state index contributed by atoms with van der Waals surface area (Å²) in [5.74, 6) is 0. The summed E-state index contributed by atoms with van der Waals surface area (Å²) in [6, 6.07) is 17.0. The summed E-state index contributed by atoms with van der Waals surface area (Å²) < 4.78 is 0. The Labute approximate surface area is 127 Å². The maximum absolute atomic E-state index is 9.06. The lowest BCUT2D eigenvalue weighted by atomic mass is 9.86. The van der Waals surface area contributed by atoms with E-state index in [0.29, 0.717) is 0 Å². The van der Waals surface area contributed by atoms with E-state index in [2.05, 4.69) is 57.3 Å². The maximum atomic E-state index is 9.06. The van der Waals surface area contributed by atoms with Gasteiger partial charge in [0, 0.05) is 11.7 Å². The molecule has 0 aliphatic rings. The normalized spacial score (nSPS) is 13.0. The van der Waals surface area contributed by atoms with Gasteiger partial charge in [0.05, 0.1) is 6.61 Å². The summed E-state index contributed by atoms with van der Waals surface area (Å²) in [5, 5.41) is 12.5. The molecule has 21 heavy (non-hydrogen) atoms. The van der Waals surface area contributed by atoms with E-state index < -0.39 is 0 Å². The summed E-state index contributed by atoms with van der Waals surface area (Å²) in [6.45, 7) is 8.93. The Kier molecular flexibility index (Phi) is 4.69. The summed E-state index contributed by atoms with van der Waals surface area (Å²) in [4.78, 5) is 0. The van der Waals surface area contributed by atoms with E-state index in [0.717, 1.165) is 11.3 Å². The van der Waals surface area contributed by atoms with Crippen molar-refractivity contribution in [2.24, 2.45) is 0 Å². The van der Waals surface area contributed by atoms with Crippen molar-refractivity contribution in [3.05, 3.63) is 65.2 Å². The second-order valence-electron chi connectivity index (χ2n) is 6.59. The second-order valence-corrected chi connectivity index (χ2v) is 6.59. The van der Waals surface area contributed by atoms with Crippen LogP contribution in [-0.2, 0) is 12.0 Å². The Bertz CT molecular complexity index is 564. The smallest absolute Gasteiger partial charge is 0.0681 e. The fourth-order valence-electron chi connectivity index (χ4n) is 2.31. The number of aliphatic hydroxyl groups is 1. The van der Waals surface area contributed by atoms with Crippen LogP contribution in [0.2, 0.25) is 0 Å². The largest absolute Gasteiger partial charge is 0.392 e. The highest BCUT2D eigenvalue weighted by atomic mass is 16.3. The summed E-state index contributed by atoms with van der Waals surface area (Å²) in [6.07, 6.45) is 0. The van der Waals surface area contributed by atoms with E-state index >= 15 is 0 Å². The van der Waals surface area contributed by atoms with E-state index in [4.69, 9.17) is 5.11 Å². The third-order valence-electron chi connectivity index (χ3n) is 3.80. The van der Waals surface area contributed by atoms with Gasteiger partial charge in [-0.15, -0.1) is 0 Å². The second kappa shape index (κ2) is 6.31. The van der Waals surface area contributed by atoms with Gasteiger partial charge in [-0.2, -0.15) is 0 Å². The van der Waals surface area contributed by atoms with Crippen LogP contribution in [0.25, 0.3) is 0 Å². The molecule has 0 amide bonds. The SMILES string of the molecule is CC(Nc1ccc(CO)cc1)c1ccc(C(C)(C)C)cc1. The van der Waals surface area contributed by atoms with Crippen molar-refractivity contribution < 1.29 is 5.11 Å². The van der Waals surface area contributed by atoms with Gasteiger partial charge in [0.2, 0.25) is 0 Å². The van der Waals surface area contributed by atoms with Crippen LogP contribution in [0.1, 0.15) is 50.4 Å². The summed E-state index contributed by atoms with van der Waals surface area (Å²) in [5.41, 5.74) is 4.82. The van der Waals surface area contributed by atoms with Gasteiger partial charge in [-0.25, -0.2) is 0 Å². The molecule has 2 aromatic rings. The molecule has 2 nitrogen and oxygen atoms in total. The number of nitrogens with one attached hydrogen (secondary N) is 1. The van der Waals surface area contributed by atoms with E-state index in [1.54, 1.807) is 0 Å². The number of hydrogen-bond donors (Lipinski definition) is 2. The van der Waals surface area contributed by atoms with Crippen LogP contribution in [0.4, 0.5) is 5.69 Å². The van der Waals surface area contributed by atoms with Crippen LogP contribution in [0.3, 0.4) is 0 Å². The van der Waals surface area contributed by atoms with Crippen molar-refractivity contribution in [2.45, 2.75) is 45.8 Å². The maximum Gasteiger partial charge on any atom is 0.0681 e. The highest BCUT2D eigenvalue weighted by molar-refractivity contribution is 5.46. The van der Waals surface area contributed by atoms with E-state index in [1.807, 2.05) is 24.3 Å². The van der Waals surface area contributed by atoms with Crippen LogP contribution in [0.15, 0.2) is 48.5 Å². The van der Waals surface area contributed by atoms with Crippen LogP contribution < -0.4 is 5.32 Å². The molecule has 1 unspecified atom stereocenters. The third-order valence-corrected chi connectivity index (χ3v) is 3.80. The quantitative estimate of drug-likeness (QED) is 0.856. The third kappa shape index (κ3) is 4.08. The lowest BCUT2D eigenvalue weighted by Gasteiger charge is -2.21. The zero-order chi connectivity index (χ0) is 15.5. The first kappa shape index (κ1) is 15.6. The minimum Gasteiger partial charge on any atom is -0.392 e. The fourth-order valence-corrected chi connectivity index (χ4v) is 2.31. The number of aliphatic hydroxyl groups excluding tert-OH is 1. The number of benzene rings is 2. The predicted molar refractivity (Wildman–Crippen MR) is 89.5 cm³/mol. The molecule has 2 heteroatoms. The van der Waals surface area contributed by atoms with Crippen molar-refractivity contribution in [1.29, 1.82) is 0 Å². The minimum absolute atomic E-state index is 0.0874. The predicted octanol–water partition coefficient (Wildman–Crippen LogP) is 4.65. The van der Waals surface area contributed by atoms with Crippen molar-refractivity contribution in [3.63, 3.8) is 0 Å². The molecule has 0 saturated carbocycles. The van der Waals surface area contributed by atoms with Crippen LogP contribution in [0, 0.1) is 0 Å². The molecular weight excluding hydrogens is 258 g/mol. The van der Waals surface area contributed by atoms with Crippen molar-refractivity contribution in [1.82, 2.24) is 0 Å². The van der Waals surface area contributed by atoms with Gasteiger partial charge in [0.15, 0.2) is 0 Å². The molecule has 0 bridgehead atoms. The van der Waals surface area contributed by atoms with Crippen molar-refractivity contribution in [2.75, 3.05) is 5.32 Å². The lowest BCUT2D eigenvalue weighted by molar-refractivity contribution is 0.282. The average Bonchev–Trinajstić information content (AvgIpc) is 2.47. The lowest BCUT2D eigenvalue weighted by Crippen LogP contribution is -2.12. The Morgan fingerprint density at radius 2 is 1.52 bits per heavy atom. The summed E-state index contributed by atoms with van der Waals surface area (Å²) in [7, 11) is 0. The van der Waals surface area contributed by atoms with E-state index in [-0.39, 0.29) is 18.1 Å². The highest BCUT2D eigenvalue weighted by Crippen LogP contribution is 2.25. The Hall–Kier alpha value is -1.80. The molecule has 2 rings (SSSR count). The molecule has 0 heterocycles. The number of anilines is 1. The first-order valence-corrected chi connectivity index (χ1v) is 7.47. The molecule has 2 N–H and O–H groups in total. The van der Waals surface area contributed by atoms with Gasteiger partial charge < -0.3 is 10.4 Å². The van der Waals surface area contributed by atoms with Gasteiger partial charge in [0.1, 0.15) is 0 Å². The van der Waals surface area contributed by atoms with Crippen molar-refractivity contribution in [3.8, 4) is 0 Å². The Morgan fingerprint density at radius 1 is 0.952 bits per heavy atom. The Morgan fingerprint density at radius 3 is 2.00 bits per heavy atom. The van der Waals surface area contributed by atoms with Gasteiger partial charge in [-0.05, 0) is 41.2 Å².